The maximum Gasteiger partial charge on any atom is 0.151 e. The first-order valence-corrected chi connectivity index (χ1v) is 6.29. The molecule has 0 amide bonds. The van der Waals surface area contributed by atoms with Crippen molar-refractivity contribution in [2.45, 2.75) is 0 Å². The summed E-state index contributed by atoms with van der Waals surface area (Å²) in [5, 5.41) is 3.28. The minimum absolute atomic E-state index is 0.773. The van der Waals surface area contributed by atoms with E-state index >= 15 is 0 Å². The van der Waals surface area contributed by atoms with E-state index in [1.807, 2.05) is 30.3 Å². The molecule has 0 fully saturated rings. The minimum atomic E-state index is 0.773. The fourth-order valence-corrected chi connectivity index (χ4v) is 3.07. The molecule has 0 saturated carbocycles. The first kappa shape index (κ1) is 10.2. The number of rotatable bonds is 2. The molecule has 0 N–H and O–H groups in total. The molecular formula is C15H10OS. The van der Waals surface area contributed by atoms with Crippen LogP contribution in [0.15, 0.2) is 53.9 Å². The van der Waals surface area contributed by atoms with Crippen LogP contribution in [0.3, 0.4) is 0 Å². The van der Waals surface area contributed by atoms with Crippen LogP contribution in [-0.4, -0.2) is 6.29 Å². The van der Waals surface area contributed by atoms with Crippen molar-refractivity contribution in [1.82, 2.24) is 0 Å². The lowest BCUT2D eigenvalue weighted by molar-refractivity contribution is 0.112. The number of hydrogen-bond donors (Lipinski definition) is 0. The number of benzene rings is 2. The molecule has 0 saturated heterocycles. The Hall–Kier alpha value is -1.93. The van der Waals surface area contributed by atoms with Gasteiger partial charge in [-0.2, -0.15) is 0 Å². The molecule has 0 spiro atoms. The van der Waals surface area contributed by atoms with Gasteiger partial charge in [0, 0.05) is 21.2 Å². The van der Waals surface area contributed by atoms with Gasteiger partial charge in [0.1, 0.15) is 0 Å². The highest BCUT2D eigenvalue weighted by Crippen LogP contribution is 2.35. The Labute approximate surface area is 103 Å². The van der Waals surface area contributed by atoms with E-state index < -0.39 is 0 Å². The molecular weight excluding hydrogens is 228 g/mol. The van der Waals surface area contributed by atoms with E-state index in [2.05, 4.69) is 23.6 Å². The van der Waals surface area contributed by atoms with E-state index in [4.69, 9.17) is 0 Å². The third kappa shape index (κ3) is 1.67. The van der Waals surface area contributed by atoms with Gasteiger partial charge in [-0.25, -0.2) is 0 Å². The highest BCUT2D eigenvalue weighted by Gasteiger charge is 2.08. The maximum atomic E-state index is 11.0. The third-order valence-electron chi connectivity index (χ3n) is 2.84. The lowest BCUT2D eigenvalue weighted by Gasteiger charge is -1.99. The molecule has 0 aliphatic carbocycles. The summed E-state index contributed by atoms with van der Waals surface area (Å²) in [6.07, 6.45) is 0.924. The van der Waals surface area contributed by atoms with Gasteiger partial charge in [-0.3, -0.25) is 4.79 Å². The highest BCUT2D eigenvalue weighted by atomic mass is 32.1. The van der Waals surface area contributed by atoms with Crippen molar-refractivity contribution in [3.8, 4) is 11.1 Å². The molecule has 0 radical (unpaired) electrons. The zero-order valence-electron chi connectivity index (χ0n) is 9.09. The minimum Gasteiger partial charge on any atom is -0.298 e. The average molecular weight is 238 g/mol. The van der Waals surface area contributed by atoms with Crippen LogP contribution in [0.1, 0.15) is 10.4 Å². The van der Waals surface area contributed by atoms with Crippen LogP contribution in [0.4, 0.5) is 0 Å². The fourth-order valence-electron chi connectivity index (χ4n) is 2.01. The fraction of sp³-hybridized carbons (Fsp3) is 0. The van der Waals surface area contributed by atoms with Gasteiger partial charge in [0.05, 0.1) is 0 Å². The second kappa shape index (κ2) is 4.15. The molecule has 0 aliphatic rings. The Morgan fingerprint density at radius 2 is 1.76 bits per heavy atom. The predicted octanol–water partition coefficient (Wildman–Crippen LogP) is 4.38. The van der Waals surface area contributed by atoms with Gasteiger partial charge in [0.15, 0.2) is 6.29 Å². The number of carbonyl (C=O) groups excluding carboxylic acids is 1. The van der Waals surface area contributed by atoms with Gasteiger partial charge in [0.2, 0.25) is 0 Å². The third-order valence-corrected chi connectivity index (χ3v) is 3.89. The molecule has 82 valence electrons. The second-order valence-corrected chi connectivity index (χ2v) is 4.74. The summed E-state index contributed by atoms with van der Waals surface area (Å²) in [5.41, 5.74) is 3.17. The van der Waals surface area contributed by atoms with E-state index in [9.17, 15) is 4.79 Å². The van der Waals surface area contributed by atoms with Crippen LogP contribution in [0.25, 0.3) is 21.2 Å². The first-order chi connectivity index (χ1) is 8.40. The molecule has 17 heavy (non-hydrogen) atoms. The summed E-state index contributed by atoms with van der Waals surface area (Å²) in [6, 6.07) is 16.1. The van der Waals surface area contributed by atoms with Crippen LogP contribution in [0.5, 0.6) is 0 Å². The average Bonchev–Trinajstić information content (AvgIpc) is 2.83. The Morgan fingerprint density at radius 1 is 0.941 bits per heavy atom. The second-order valence-electron chi connectivity index (χ2n) is 3.86. The van der Waals surface area contributed by atoms with E-state index in [0.29, 0.717) is 0 Å². The van der Waals surface area contributed by atoms with Gasteiger partial charge in [-0.05, 0) is 10.9 Å². The van der Waals surface area contributed by atoms with Gasteiger partial charge < -0.3 is 0 Å². The molecule has 1 heterocycles. The lowest BCUT2D eigenvalue weighted by atomic mass is 10.0. The molecule has 1 aromatic heterocycles. The highest BCUT2D eigenvalue weighted by molar-refractivity contribution is 7.18. The molecule has 0 aliphatic heterocycles. The summed E-state index contributed by atoms with van der Waals surface area (Å²) >= 11 is 1.63. The molecule has 2 heteroatoms. The monoisotopic (exact) mass is 238 g/mol. The Balaban J connectivity index is 2.30. The zero-order valence-corrected chi connectivity index (χ0v) is 9.91. The molecule has 0 atom stereocenters. The van der Waals surface area contributed by atoms with Gasteiger partial charge in [-0.15, -0.1) is 11.3 Å². The summed E-state index contributed by atoms with van der Waals surface area (Å²) < 4.78 is 1.07. The number of thiophene rings is 1. The van der Waals surface area contributed by atoms with Crippen molar-refractivity contribution in [1.29, 1.82) is 0 Å². The van der Waals surface area contributed by atoms with Crippen LogP contribution < -0.4 is 0 Å². The topological polar surface area (TPSA) is 17.1 Å². The molecule has 0 unspecified atom stereocenters. The van der Waals surface area contributed by atoms with E-state index in [1.165, 1.54) is 11.1 Å². The standard InChI is InChI=1S/C15H10OS/c16-9-12-7-4-8-13-14(10-17-15(12)13)11-5-2-1-3-6-11/h1-10H. The molecule has 0 bridgehead atoms. The molecule has 1 nitrogen and oxygen atoms in total. The van der Waals surface area contributed by atoms with Crippen LogP contribution in [0, 0.1) is 0 Å². The normalized spacial score (nSPS) is 10.6. The Bertz CT molecular complexity index is 668. The summed E-state index contributed by atoms with van der Waals surface area (Å²) in [4.78, 5) is 11.0. The smallest absolute Gasteiger partial charge is 0.151 e. The van der Waals surface area contributed by atoms with Crippen LogP contribution in [0.2, 0.25) is 0 Å². The van der Waals surface area contributed by atoms with Gasteiger partial charge in [0.25, 0.3) is 0 Å². The number of aldehydes is 1. The van der Waals surface area contributed by atoms with E-state index in [1.54, 1.807) is 11.3 Å². The molecule has 3 rings (SSSR count). The quantitative estimate of drug-likeness (QED) is 0.605. The molecule has 2 aromatic carbocycles. The predicted molar refractivity (Wildman–Crippen MR) is 72.6 cm³/mol. The molecule has 3 aromatic rings. The number of carbonyl (C=O) groups is 1. The van der Waals surface area contributed by atoms with Crippen LogP contribution in [-0.2, 0) is 0 Å². The van der Waals surface area contributed by atoms with Crippen molar-refractivity contribution < 1.29 is 4.79 Å². The Morgan fingerprint density at radius 3 is 2.53 bits per heavy atom. The van der Waals surface area contributed by atoms with Crippen molar-refractivity contribution >= 4 is 27.7 Å². The summed E-state index contributed by atoms with van der Waals surface area (Å²) in [5.74, 6) is 0. The maximum absolute atomic E-state index is 11.0. The van der Waals surface area contributed by atoms with Gasteiger partial charge in [-0.1, -0.05) is 48.5 Å². The van der Waals surface area contributed by atoms with Crippen LogP contribution >= 0.6 is 11.3 Å². The van der Waals surface area contributed by atoms with Crippen molar-refractivity contribution in [3.63, 3.8) is 0 Å². The van der Waals surface area contributed by atoms with Crippen molar-refractivity contribution in [2.75, 3.05) is 0 Å². The lowest BCUT2D eigenvalue weighted by Crippen LogP contribution is -1.79. The number of hydrogen-bond acceptors (Lipinski definition) is 2. The summed E-state index contributed by atoms with van der Waals surface area (Å²) in [7, 11) is 0. The van der Waals surface area contributed by atoms with Gasteiger partial charge >= 0.3 is 0 Å². The van der Waals surface area contributed by atoms with Crippen molar-refractivity contribution in [3.05, 3.63) is 59.5 Å². The van der Waals surface area contributed by atoms with E-state index in [-0.39, 0.29) is 0 Å². The zero-order chi connectivity index (χ0) is 11.7. The largest absolute Gasteiger partial charge is 0.298 e. The van der Waals surface area contributed by atoms with Crippen molar-refractivity contribution in [2.24, 2.45) is 0 Å². The summed E-state index contributed by atoms with van der Waals surface area (Å²) in [6.45, 7) is 0. The van der Waals surface area contributed by atoms with E-state index in [0.717, 1.165) is 21.9 Å². The number of fused-ring (bicyclic) bond motifs is 1. The SMILES string of the molecule is O=Cc1cccc2c(-c3ccccc3)csc12. The first-order valence-electron chi connectivity index (χ1n) is 5.41. The Kier molecular flexibility index (Phi) is 2.50.